The molecule has 0 aromatic heterocycles. The Morgan fingerprint density at radius 3 is 2.56 bits per heavy atom. The number of nitrogens with zero attached hydrogens (tertiary/aromatic N) is 1. The van der Waals surface area contributed by atoms with Gasteiger partial charge in [-0.05, 0) is 18.1 Å². The zero-order chi connectivity index (χ0) is 13.3. The lowest BCUT2D eigenvalue weighted by molar-refractivity contribution is -0.139. The summed E-state index contributed by atoms with van der Waals surface area (Å²) in [5.41, 5.74) is 0. The Hall–Kier alpha value is -1.11. The Morgan fingerprint density at radius 2 is 2.00 bits per heavy atom. The molecule has 1 aliphatic rings. The summed E-state index contributed by atoms with van der Waals surface area (Å²) in [5, 5.41) is 8.79. The fraction of sp³-hybridized carbons (Fsp3) is 0.364. The van der Waals surface area contributed by atoms with Gasteiger partial charge < -0.3 is 5.11 Å². The van der Waals surface area contributed by atoms with Crippen LogP contribution in [0.1, 0.15) is 6.42 Å². The molecule has 18 heavy (non-hydrogen) atoms. The van der Waals surface area contributed by atoms with Gasteiger partial charge in [-0.25, -0.2) is 8.42 Å². The molecule has 0 radical (unpaired) electrons. The van der Waals surface area contributed by atoms with Crippen molar-refractivity contribution in [3.8, 4) is 0 Å². The Morgan fingerprint density at radius 1 is 1.39 bits per heavy atom. The lowest BCUT2D eigenvalue weighted by atomic mass is 10.00. The van der Waals surface area contributed by atoms with Gasteiger partial charge in [0.15, 0.2) is 0 Å². The van der Waals surface area contributed by atoms with Crippen molar-refractivity contribution in [2.24, 2.45) is 5.92 Å². The highest BCUT2D eigenvalue weighted by atomic mass is 35.5. The van der Waals surface area contributed by atoms with Crippen LogP contribution in [-0.4, -0.2) is 36.9 Å². The summed E-state index contributed by atoms with van der Waals surface area (Å²) >= 11 is 5.85. The summed E-state index contributed by atoms with van der Waals surface area (Å²) in [6.45, 7) is 0.472. The van der Waals surface area contributed by atoms with Crippen molar-refractivity contribution in [2.45, 2.75) is 11.3 Å². The van der Waals surface area contributed by atoms with Crippen molar-refractivity contribution in [1.82, 2.24) is 4.31 Å². The lowest BCUT2D eigenvalue weighted by Crippen LogP contribution is -2.50. The summed E-state index contributed by atoms with van der Waals surface area (Å²) in [7, 11) is -3.59. The normalized spacial score (nSPS) is 17.4. The first-order valence-corrected chi connectivity index (χ1v) is 7.19. The molecule has 0 bridgehead atoms. The Balaban J connectivity index is 2.11. The number of carboxylic acids is 1. The van der Waals surface area contributed by atoms with E-state index in [1.165, 1.54) is 16.4 Å². The topological polar surface area (TPSA) is 74.7 Å². The molecule has 0 atom stereocenters. The van der Waals surface area contributed by atoms with Gasteiger partial charge in [0, 0.05) is 13.1 Å². The molecule has 0 saturated carbocycles. The number of hydrogen-bond acceptors (Lipinski definition) is 3. The van der Waals surface area contributed by atoms with E-state index in [2.05, 4.69) is 0 Å². The van der Waals surface area contributed by atoms with E-state index in [0.29, 0.717) is 0 Å². The second kappa shape index (κ2) is 4.87. The number of carbonyl (C=O) groups is 1. The van der Waals surface area contributed by atoms with Crippen molar-refractivity contribution < 1.29 is 18.3 Å². The fourth-order valence-corrected chi connectivity index (χ4v) is 3.97. The van der Waals surface area contributed by atoms with E-state index in [4.69, 9.17) is 16.7 Å². The number of benzene rings is 1. The van der Waals surface area contributed by atoms with E-state index in [1.807, 2.05) is 0 Å². The highest BCUT2D eigenvalue weighted by Gasteiger charge is 2.38. The van der Waals surface area contributed by atoms with E-state index in [0.717, 1.165) is 0 Å². The quantitative estimate of drug-likeness (QED) is 0.910. The standard InChI is InChI=1S/C11H12ClNO4S/c12-9-3-1-2-4-10(9)18(16,17)13-6-8(7-13)5-11(14)15/h1-4,8H,5-7H2,(H,14,15). The van der Waals surface area contributed by atoms with Crippen LogP contribution in [0, 0.1) is 5.92 Å². The number of carboxylic acid groups (broad SMARTS) is 1. The summed E-state index contributed by atoms with van der Waals surface area (Å²) in [6.07, 6.45) is -0.00541. The maximum atomic E-state index is 12.2. The van der Waals surface area contributed by atoms with Gasteiger partial charge in [0.1, 0.15) is 4.90 Å². The predicted octanol–water partition coefficient (Wildman–Crippen LogP) is 1.44. The monoisotopic (exact) mass is 289 g/mol. The molecule has 0 aliphatic carbocycles. The number of sulfonamides is 1. The van der Waals surface area contributed by atoms with Crippen LogP contribution in [0.5, 0.6) is 0 Å². The van der Waals surface area contributed by atoms with E-state index < -0.39 is 16.0 Å². The molecule has 5 nitrogen and oxygen atoms in total. The second-order valence-electron chi connectivity index (χ2n) is 4.22. The zero-order valence-corrected chi connectivity index (χ0v) is 11.0. The van der Waals surface area contributed by atoms with Gasteiger partial charge in [-0.1, -0.05) is 23.7 Å². The average molecular weight is 290 g/mol. The van der Waals surface area contributed by atoms with Crippen molar-refractivity contribution in [3.63, 3.8) is 0 Å². The molecule has 1 heterocycles. The van der Waals surface area contributed by atoms with Crippen LogP contribution < -0.4 is 0 Å². The van der Waals surface area contributed by atoms with Gasteiger partial charge in [-0.3, -0.25) is 4.79 Å². The van der Waals surface area contributed by atoms with E-state index >= 15 is 0 Å². The van der Waals surface area contributed by atoms with Crippen LogP contribution in [0.3, 0.4) is 0 Å². The molecule has 7 heteroatoms. The average Bonchev–Trinajstić information content (AvgIpc) is 2.22. The third-order valence-electron chi connectivity index (χ3n) is 2.84. The van der Waals surface area contributed by atoms with Crippen LogP contribution in [0.2, 0.25) is 5.02 Å². The summed E-state index contributed by atoms with van der Waals surface area (Å²) in [6, 6.07) is 6.23. The third-order valence-corrected chi connectivity index (χ3v) is 5.17. The fourth-order valence-electron chi connectivity index (χ4n) is 1.89. The van der Waals surface area contributed by atoms with Gasteiger partial charge in [-0.2, -0.15) is 4.31 Å². The molecule has 1 N–H and O–H groups in total. The molecule has 0 unspecified atom stereocenters. The first-order valence-electron chi connectivity index (χ1n) is 5.37. The van der Waals surface area contributed by atoms with Gasteiger partial charge in [0.05, 0.1) is 11.4 Å². The number of halogens is 1. The zero-order valence-electron chi connectivity index (χ0n) is 9.41. The van der Waals surface area contributed by atoms with Crippen molar-refractivity contribution >= 4 is 27.6 Å². The smallest absolute Gasteiger partial charge is 0.303 e. The molecule has 0 amide bonds. The molecule has 1 aromatic rings. The first-order chi connectivity index (χ1) is 8.41. The highest BCUT2D eigenvalue weighted by Crippen LogP contribution is 2.30. The minimum Gasteiger partial charge on any atom is -0.481 e. The maximum Gasteiger partial charge on any atom is 0.303 e. The third kappa shape index (κ3) is 2.50. The minimum atomic E-state index is -3.59. The van der Waals surface area contributed by atoms with Crippen LogP contribution in [0.4, 0.5) is 0 Å². The molecule has 1 saturated heterocycles. The maximum absolute atomic E-state index is 12.2. The van der Waals surface area contributed by atoms with Crippen LogP contribution in [0.25, 0.3) is 0 Å². The predicted molar refractivity (Wildman–Crippen MR) is 66.0 cm³/mol. The van der Waals surface area contributed by atoms with Gasteiger partial charge in [-0.15, -0.1) is 0 Å². The van der Waals surface area contributed by atoms with Crippen LogP contribution in [-0.2, 0) is 14.8 Å². The Bertz CT molecular complexity index is 566. The molecule has 1 aromatic carbocycles. The van der Waals surface area contributed by atoms with Gasteiger partial charge in [0.25, 0.3) is 0 Å². The van der Waals surface area contributed by atoms with E-state index in [9.17, 15) is 13.2 Å². The molecule has 2 rings (SSSR count). The number of rotatable bonds is 4. The van der Waals surface area contributed by atoms with Crippen molar-refractivity contribution in [1.29, 1.82) is 0 Å². The molecule has 1 fully saturated rings. The SMILES string of the molecule is O=C(O)CC1CN(S(=O)(=O)c2ccccc2Cl)C1. The molecule has 0 spiro atoms. The first kappa shape index (κ1) is 13.3. The number of aliphatic carboxylic acids is 1. The van der Waals surface area contributed by atoms with E-state index in [-0.39, 0.29) is 35.3 Å². The van der Waals surface area contributed by atoms with Crippen molar-refractivity contribution in [2.75, 3.05) is 13.1 Å². The molecule has 1 aliphatic heterocycles. The summed E-state index contributed by atoms with van der Waals surface area (Å²) in [5.74, 6) is -1.02. The lowest BCUT2D eigenvalue weighted by Gasteiger charge is -2.37. The summed E-state index contributed by atoms with van der Waals surface area (Å²) < 4.78 is 25.6. The summed E-state index contributed by atoms with van der Waals surface area (Å²) in [4.78, 5) is 10.6. The Labute approximate surface area is 110 Å². The second-order valence-corrected chi connectivity index (χ2v) is 6.53. The van der Waals surface area contributed by atoms with Crippen LogP contribution >= 0.6 is 11.6 Å². The van der Waals surface area contributed by atoms with E-state index in [1.54, 1.807) is 12.1 Å². The molecular weight excluding hydrogens is 278 g/mol. The highest BCUT2D eigenvalue weighted by molar-refractivity contribution is 7.89. The Kier molecular flexibility index (Phi) is 3.61. The molecule has 98 valence electrons. The minimum absolute atomic E-state index is 0.00541. The number of hydrogen-bond donors (Lipinski definition) is 1. The van der Waals surface area contributed by atoms with Gasteiger partial charge >= 0.3 is 5.97 Å². The largest absolute Gasteiger partial charge is 0.481 e. The molecular formula is C11H12ClNO4S. The van der Waals surface area contributed by atoms with Crippen LogP contribution in [0.15, 0.2) is 29.2 Å². The van der Waals surface area contributed by atoms with Gasteiger partial charge in [0.2, 0.25) is 10.0 Å². The van der Waals surface area contributed by atoms with Crippen molar-refractivity contribution in [3.05, 3.63) is 29.3 Å².